The molecule has 0 N–H and O–H groups in total. The molecule has 0 aromatic carbocycles. The summed E-state index contributed by atoms with van der Waals surface area (Å²) in [7, 11) is 0. The van der Waals surface area contributed by atoms with E-state index in [0.29, 0.717) is 12.8 Å². The maximum Gasteiger partial charge on any atom is 0.112 e. The second-order valence-electron chi connectivity index (χ2n) is 1.84. The Morgan fingerprint density at radius 2 is 2.57 bits per heavy atom. The third-order valence-electron chi connectivity index (χ3n) is 1.14. The molecule has 0 aromatic rings. The smallest absolute Gasteiger partial charge is 0.112 e. The van der Waals surface area contributed by atoms with E-state index in [-0.39, 0.29) is 0 Å². The standard InChI is InChI=1S/C5H10NO/c1-5-2-3-6-4-7-5/h5H,2-4H2,1H3. The van der Waals surface area contributed by atoms with Crippen LogP contribution >= 0.6 is 0 Å². The van der Waals surface area contributed by atoms with Crippen molar-refractivity contribution in [2.45, 2.75) is 19.4 Å². The summed E-state index contributed by atoms with van der Waals surface area (Å²) in [6, 6.07) is 0. The predicted molar refractivity (Wildman–Crippen MR) is 27.0 cm³/mol. The van der Waals surface area contributed by atoms with Crippen LogP contribution in [0.25, 0.3) is 0 Å². The summed E-state index contributed by atoms with van der Waals surface area (Å²) in [4.78, 5) is 0. The number of nitrogens with zero attached hydrogens (tertiary/aromatic N) is 1. The van der Waals surface area contributed by atoms with Gasteiger partial charge >= 0.3 is 0 Å². The number of hydrogen-bond acceptors (Lipinski definition) is 1. The molecule has 0 amide bonds. The normalized spacial score (nSPS) is 33.0. The van der Waals surface area contributed by atoms with Crippen LogP contribution in [-0.2, 0) is 4.74 Å². The van der Waals surface area contributed by atoms with E-state index >= 15 is 0 Å². The van der Waals surface area contributed by atoms with Crippen LogP contribution in [0.2, 0.25) is 0 Å². The molecule has 1 radical (unpaired) electrons. The lowest BCUT2D eigenvalue weighted by atomic mass is 10.3. The molecule has 1 atom stereocenters. The van der Waals surface area contributed by atoms with E-state index in [4.69, 9.17) is 4.74 Å². The minimum Gasteiger partial charge on any atom is -0.362 e. The summed E-state index contributed by atoms with van der Waals surface area (Å²) in [5.74, 6) is 0. The van der Waals surface area contributed by atoms with Crippen molar-refractivity contribution in [1.29, 1.82) is 0 Å². The Bertz CT molecular complexity index is 50.0. The predicted octanol–water partition coefficient (Wildman–Crippen LogP) is 0.357. The second kappa shape index (κ2) is 2.28. The van der Waals surface area contributed by atoms with Gasteiger partial charge in [-0.2, -0.15) is 0 Å². The van der Waals surface area contributed by atoms with E-state index in [1.165, 1.54) is 0 Å². The second-order valence-corrected chi connectivity index (χ2v) is 1.84. The molecular formula is C5H10NO. The Labute approximate surface area is 43.9 Å². The lowest BCUT2D eigenvalue weighted by Gasteiger charge is -2.17. The Morgan fingerprint density at radius 3 is 2.86 bits per heavy atom. The molecule has 1 fully saturated rings. The summed E-state index contributed by atoms with van der Waals surface area (Å²) in [5.41, 5.74) is 0. The lowest BCUT2D eigenvalue weighted by Crippen LogP contribution is -2.26. The third-order valence-corrected chi connectivity index (χ3v) is 1.14. The molecule has 0 spiro atoms. The van der Waals surface area contributed by atoms with Crippen LogP contribution in [0.15, 0.2) is 0 Å². The zero-order valence-corrected chi connectivity index (χ0v) is 4.55. The van der Waals surface area contributed by atoms with Gasteiger partial charge in [0.25, 0.3) is 0 Å². The van der Waals surface area contributed by atoms with Crippen molar-refractivity contribution in [1.82, 2.24) is 5.32 Å². The zero-order valence-electron chi connectivity index (χ0n) is 4.55. The molecule has 2 nitrogen and oxygen atoms in total. The van der Waals surface area contributed by atoms with Crippen LogP contribution in [0.4, 0.5) is 0 Å². The van der Waals surface area contributed by atoms with Gasteiger partial charge in [0.2, 0.25) is 0 Å². The fourth-order valence-corrected chi connectivity index (χ4v) is 0.601. The summed E-state index contributed by atoms with van der Waals surface area (Å²) in [6.45, 7) is 3.68. The van der Waals surface area contributed by atoms with Crippen molar-refractivity contribution in [3.8, 4) is 0 Å². The molecule has 0 bridgehead atoms. The van der Waals surface area contributed by atoms with E-state index in [9.17, 15) is 0 Å². The molecule has 1 aliphatic rings. The molecule has 1 rings (SSSR count). The fourth-order valence-electron chi connectivity index (χ4n) is 0.601. The van der Waals surface area contributed by atoms with E-state index < -0.39 is 0 Å². The van der Waals surface area contributed by atoms with Crippen LogP contribution in [0.1, 0.15) is 13.3 Å². The molecule has 7 heavy (non-hydrogen) atoms. The van der Waals surface area contributed by atoms with Crippen molar-refractivity contribution >= 4 is 0 Å². The van der Waals surface area contributed by atoms with Crippen molar-refractivity contribution in [2.24, 2.45) is 0 Å². The molecule has 1 saturated heterocycles. The molecule has 0 aromatic heterocycles. The molecular weight excluding hydrogens is 90.1 g/mol. The zero-order chi connectivity index (χ0) is 5.11. The molecule has 1 unspecified atom stereocenters. The minimum atomic E-state index is 0.442. The van der Waals surface area contributed by atoms with E-state index in [2.05, 4.69) is 12.2 Å². The highest BCUT2D eigenvalue weighted by Gasteiger charge is 2.06. The molecule has 0 saturated carbocycles. The molecule has 2 heteroatoms. The SMILES string of the molecule is CC1CC[N]CO1. The fraction of sp³-hybridized carbons (Fsp3) is 1.00. The monoisotopic (exact) mass is 100 g/mol. The summed E-state index contributed by atoms with van der Waals surface area (Å²) < 4.78 is 5.11. The van der Waals surface area contributed by atoms with Gasteiger partial charge in [-0.05, 0) is 13.3 Å². The summed E-state index contributed by atoms with van der Waals surface area (Å²) >= 11 is 0. The van der Waals surface area contributed by atoms with Crippen molar-refractivity contribution in [2.75, 3.05) is 13.3 Å². The topological polar surface area (TPSA) is 23.3 Å². The van der Waals surface area contributed by atoms with Gasteiger partial charge in [0.15, 0.2) is 0 Å². The molecule has 0 aliphatic carbocycles. The highest BCUT2D eigenvalue weighted by atomic mass is 16.5. The van der Waals surface area contributed by atoms with Gasteiger partial charge in [-0.15, -0.1) is 0 Å². The lowest BCUT2D eigenvalue weighted by molar-refractivity contribution is 0.0168. The van der Waals surface area contributed by atoms with Gasteiger partial charge in [-0.1, -0.05) is 0 Å². The molecule has 1 aliphatic heterocycles. The van der Waals surface area contributed by atoms with Crippen molar-refractivity contribution in [3.05, 3.63) is 0 Å². The van der Waals surface area contributed by atoms with Gasteiger partial charge in [0.1, 0.15) is 6.73 Å². The average molecular weight is 100 g/mol. The number of ether oxygens (including phenoxy) is 1. The maximum atomic E-state index is 5.11. The Morgan fingerprint density at radius 1 is 1.71 bits per heavy atom. The van der Waals surface area contributed by atoms with Gasteiger partial charge in [0.05, 0.1) is 6.10 Å². The number of hydrogen-bond donors (Lipinski definition) is 0. The quantitative estimate of drug-likeness (QED) is 0.431. The van der Waals surface area contributed by atoms with E-state index in [1.54, 1.807) is 0 Å². The van der Waals surface area contributed by atoms with Gasteiger partial charge in [-0.3, -0.25) is 0 Å². The summed E-state index contributed by atoms with van der Waals surface area (Å²) in [5, 5.41) is 4.01. The average Bonchev–Trinajstić information content (AvgIpc) is 1.69. The largest absolute Gasteiger partial charge is 0.362 e. The highest BCUT2D eigenvalue weighted by Crippen LogP contribution is 1.99. The Kier molecular flexibility index (Phi) is 1.65. The van der Waals surface area contributed by atoms with Crippen LogP contribution in [0.3, 0.4) is 0 Å². The van der Waals surface area contributed by atoms with Gasteiger partial charge in [-0.25, -0.2) is 5.32 Å². The molecule has 41 valence electrons. The first-order chi connectivity index (χ1) is 3.39. The summed E-state index contributed by atoms with van der Waals surface area (Å²) in [6.07, 6.45) is 1.54. The third kappa shape index (κ3) is 1.45. The van der Waals surface area contributed by atoms with Crippen molar-refractivity contribution in [3.63, 3.8) is 0 Å². The van der Waals surface area contributed by atoms with E-state index in [0.717, 1.165) is 13.0 Å². The first-order valence-corrected chi connectivity index (χ1v) is 2.64. The van der Waals surface area contributed by atoms with Crippen LogP contribution in [-0.4, -0.2) is 19.4 Å². The van der Waals surface area contributed by atoms with Crippen molar-refractivity contribution < 1.29 is 4.74 Å². The first-order valence-electron chi connectivity index (χ1n) is 2.64. The van der Waals surface area contributed by atoms with Gasteiger partial charge < -0.3 is 4.74 Å². The maximum absolute atomic E-state index is 5.11. The van der Waals surface area contributed by atoms with Crippen LogP contribution in [0, 0.1) is 0 Å². The number of rotatable bonds is 0. The van der Waals surface area contributed by atoms with Crippen LogP contribution < -0.4 is 5.32 Å². The van der Waals surface area contributed by atoms with E-state index in [1.807, 2.05) is 0 Å². The Hall–Kier alpha value is -0.0800. The minimum absolute atomic E-state index is 0.442. The highest BCUT2D eigenvalue weighted by molar-refractivity contribution is 4.56. The van der Waals surface area contributed by atoms with Crippen LogP contribution in [0.5, 0.6) is 0 Å². The van der Waals surface area contributed by atoms with Gasteiger partial charge in [0, 0.05) is 6.54 Å². The molecule has 1 heterocycles. The Balaban J connectivity index is 2.12. The first kappa shape index (κ1) is 5.06.